The third-order valence-electron chi connectivity index (χ3n) is 22.3. The fraction of sp³-hybridized carbons (Fsp3) is 0.949. The molecule has 6 rings (SSSR count). The van der Waals surface area contributed by atoms with Gasteiger partial charge in [-0.1, -0.05) is 206 Å². The molecule has 0 radical (unpaired) electrons. The molecule has 0 aromatic heterocycles. The molecule has 656 valence electrons. The molecule has 0 aromatic rings. The van der Waals surface area contributed by atoms with Gasteiger partial charge in [-0.05, 0) is 26.2 Å². The zero-order valence-corrected chi connectivity index (χ0v) is 66.3. The molecule has 20 N–H and O–H groups in total. The fourth-order valence-corrected chi connectivity index (χ4v) is 15.3. The van der Waals surface area contributed by atoms with Crippen LogP contribution in [0.3, 0.4) is 0 Å². The molecule has 34 nitrogen and oxygen atoms in total. The van der Waals surface area contributed by atoms with Gasteiger partial charge in [-0.25, -0.2) is 0 Å². The fourth-order valence-electron chi connectivity index (χ4n) is 15.3. The molecule has 0 spiro atoms. The Morgan fingerprint density at radius 1 is 0.366 bits per heavy atom. The number of rotatable bonds is 54. The predicted molar refractivity (Wildman–Crippen MR) is 399 cm³/mol. The van der Waals surface area contributed by atoms with Crippen LogP contribution >= 0.6 is 0 Å². The van der Waals surface area contributed by atoms with Gasteiger partial charge in [-0.2, -0.15) is 0 Å². The van der Waals surface area contributed by atoms with Crippen molar-refractivity contribution in [2.24, 2.45) is 0 Å². The van der Waals surface area contributed by atoms with Gasteiger partial charge in [0, 0.05) is 13.3 Å². The van der Waals surface area contributed by atoms with Gasteiger partial charge in [0.2, 0.25) is 11.8 Å². The van der Waals surface area contributed by atoms with Gasteiger partial charge in [0.25, 0.3) is 0 Å². The Morgan fingerprint density at radius 2 is 0.723 bits per heavy atom. The van der Waals surface area contributed by atoms with Gasteiger partial charge in [0.1, 0.15) is 140 Å². The third-order valence-corrected chi connectivity index (χ3v) is 22.3. The summed E-state index contributed by atoms with van der Waals surface area (Å²) in [5.41, 5.74) is 0. The van der Waals surface area contributed by atoms with E-state index in [1.54, 1.807) is 6.08 Å². The number of aliphatic hydroxyl groups is 18. The van der Waals surface area contributed by atoms with E-state index in [0.717, 1.165) is 58.3 Å². The largest absolute Gasteiger partial charge is 0.394 e. The van der Waals surface area contributed by atoms with Crippen molar-refractivity contribution in [3.8, 4) is 0 Å². The topological polar surface area (TPSA) is 533 Å². The molecule has 112 heavy (non-hydrogen) atoms. The summed E-state index contributed by atoms with van der Waals surface area (Å²) >= 11 is 0. The maximum Gasteiger partial charge on any atom is 0.220 e. The third kappa shape index (κ3) is 30.3. The van der Waals surface area contributed by atoms with Gasteiger partial charge in [-0.3, -0.25) is 9.59 Å². The summed E-state index contributed by atoms with van der Waals surface area (Å²) in [5, 5.41) is 206. The van der Waals surface area contributed by atoms with Gasteiger partial charge < -0.3 is 159 Å². The van der Waals surface area contributed by atoms with Crippen LogP contribution in [0.15, 0.2) is 12.2 Å². The summed E-state index contributed by atoms with van der Waals surface area (Å²) in [7, 11) is 0. The Kier molecular flexibility index (Phi) is 46.7. The van der Waals surface area contributed by atoms with Crippen LogP contribution in [0.1, 0.15) is 233 Å². The number of allylic oxidation sites excluding steroid dienone is 1. The predicted octanol–water partition coefficient (Wildman–Crippen LogP) is 0.0202. The van der Waals surface area contributed by atoms with E-state index in [9.17, 15) is 102 Å². The number of unbranched alkanes of at least 4 members (excludes halogenated alkanes) is 29. The lowest BCUT2D eigenvalue weighted by molar-refractivity contribution is -0.394. The van der Waals surface area contributed by atoms with Crippen molar-refractivity contribution in [2.45, 2.75) is 429 Å². The molecule has 6 fully saturated rings. The molecular formula is C78H142N2O32. The van der Waals surface area contributed by atoms with E-state index in [2.05, 4.69) is 24.5 Å². The van der Waals surface area contributed by atoms with E-state index < -0.39 is 242 Å². The average molecular weight is 1620 g/mol. The highest BCUT2D eigenvalue weighted by Gasteiger charge is 2.59. The lowest BCUT2D eigenvalue weighted by atomic mass is 9.94. The Hall–Kier alpha value is -2.52. The second-order valence-corrected chi connectivity index (χ2v) is 31.3. The highest BCUT2D eigenvalue weighted by atomic mass is 16.8. The molecule has 2 amide bonds. The standard InChI is InChI=1S/C78H142N2O32/c1-5-7-9-11-13-15-17-19-20-21-22-23-24-26-28-30-32-34-36-38-54(88)80-47(48(87)37-35-33-31-29-27-25-18-16-14-12-10-8-6-2)44-101-74-65(98)63(96)68(53(43-85)107-74)108-76-67(100)71(60(93)52(42-84)104-76)111-77-66(99)70(59(92)51(41-83)105-77)110-73-55(79-46(4)86)69(58(91)50(40-82)103-73)109-78-72(62(95)57(90)49(39-81)106-78)112-75-64(97)61(94)56(89)45(3)102-75/h35,37,45,47-53,55-78,81-85,87,89-100H,5-34,36,38-44H2,1-4H3,(H,79,86)(H,80,88)/b37-35+/t45?,47-,48+,49?,50?,51?,52?,53?,55?,56+,57-,58-,59-,60-,61?,62-,63+,64-,65?,66?,67?,68+,69+,70-,71-,72?,73-,74+,75+,76-,77+,78-/m0/s1. The zero-order valence-electron chi connectivity index (χ0n) is 66.3. The Balaban J connectivity index is 1.08. The lowest BCUT2D eigenvalue weighted by Crippen LogP contribution is -2.70. The number of ether oxygens (including phenoxy) is 12. The van der Waals surface area contributed by atoms with E-state index in [4.69, 9.17) is 56.8 Å². The lowest BCUT2D eigenvalue weighted by Gasteiger charge is -2.51. The molecule has 6 aliphatic rings. The smallest absolute Gasteiger partial charge is 0.220 e. The molecule has 0 aromatic carbocycles. The number of hydrogen-bond donors (Lipinski definition) is 20. The van der Waals surface area contributed by atoms with E-state index in [0.29, 0.717) is 12.8 Å². The van der Waals surface area contributed by atoms with E-state index in [1.807, 2.05) is 6.08 Å². The van der Waals surface area contributed by atoms with Crippen molar-refractivity contribution in [3.63, 3.8) is 0 Å². The van der Waals surface area contributed by atoms with Crippen molar-refractivity contribution < 1.29 is 158 Å². The van der Waals surface area contributed by atoms with Gasteiger partial charge in [-0.15, -0.1) is 0 Å². The van der Waals surface area contributed by atoms with E-state index in [-0.39, 0.29) is 12.3 Å². The first-order valence-corrected chi connectivity index (χ1v) is 41.8. The minimum absolute atomic E-state index is 0.177. The molecule has 34 heteroatoms. The number of carbonyl (C=O) groups excluding carboxylic acids is 2. The molecule has 0 aliphatic carbocycles. The van der Waals surface area contributed by atoms with Gasteiger partial charge in [0.05, 0.1) is 57.9 Å². The Labute approximate surface area is 659 Å². The van der Waals surface area contributed by atoms with Crippen LogP contribution < -0.4 is 10.6 Å². The average Bonchev–Trinajstić information content (AvgIpc) is 0.768. The van der Waals surface area contributed by atoms with E-state index in [1.165, 1.54) is 142 Å². The monoisotopic (exact) mass is 1620 g/mol. The SMILES string of the molecule is CCCCCCCCCCCCC/C=C/[C@@H](O)[C@H](CO[C@@H]1OC(CO)[C@@H](O[C@@H]2OC(CO)[C@H](O)[C@H](O[C@H]3OC(CO)[C@H](O)[C@H](O[C@@H]4OC(CO)[C@H](O)[C@H](O[C@@H]5OC(CO)[C@H](O)[C@H](O)C5O[C@H]5OC(C)[C@@H](O)C(O)[C@@H]5O)C4NC(C)=O)C3O)C2O)[C@H](O)C1O)NC(=O)CCCCCCCCCCCCCCCCCCCCC. The highest BCUT2D eigenvalue weighted by molar-refractivity contribution is 5.76. The summed E-state index contributed by atoms with van der Waals surface area (Å²) in [4.78, 5) is 26.6. The van der Waals surface area contributed by atoms with Crippen LogP contribution in [0.2, 0.25) is 0 Å². The highest BCUT2D eigenvalue weighted by Crippen LogP contribution is 2.38. The molecule has 32 atom stereocenters. The Bertz CT molecular complexity index is 2530. The second-order valence-electron chi connectivity index (χ2n) is 31.3. The maximum atomic E-state index is 13.6. The molecule has 0 saturated carbocycles. The molecule has 0 bridgehead atoms. The van der Waals surface area contributed by atoms with Crippen molar-refractivity contribution in [1.82, 2.24) is 10.6 Å². The first-order chi connectivity index (χ1) is 53.9. The molecule has 6 saturated heterocycles. The van der Waals surface area contributed by atoms with Crippen LogP contribution in [0.4, 0.5) is 0 Å². The maximum absolute atomic E-state index is 13.6. The summed E-state index contributed by atoms with van der Waals surface area (Å²) in [6, 6.07) is -2.90. The van der Waals surface area contributed by atoms with Gasteiger partial charge in [0.15, 0.2) is 37.7 Å². The molecular weight excluding hydrogens is 1480 g/mol. The Morgan fingerprint density at radius 3 is 1.19 bits per heavy atom. The quantitative estimate of drug-likeness (QED) is 0.0282. The number of hydrogen-bond acceptors (Lipinski definition) is 32. The summed E-state index contributed by atoms with van der Waals surface area (Å²) in [5.74, 6) is -1.22. The van der Waals surface area contributed by atoms with Crippen LogP contribution in [-0.2, 0) is 66.4 Å². The van der Waals surface area contributed by atoms with Crippen molar-refractivity contribution in [3.05, 3.63) is 12.2 Å². The minimum Gasteiger partial charge on any atom is -0.394 e. The van der Waals surface area contributed by atoms with Crippen LogP contribution in [0, 0.1) is 0 Å². The van der Waals surface area contributed by atoms with Crippen LogP contribution in [0.5, 0.6) is 0 Å². The van der Waals surface area contributed by atoms with E-state index >= 15 is 0 Å². The molecule has 6 aliphatic heterocycles. The van der Waals surface area contributed by atoms with Crippen molar-refractivity contribution in [1.29, 1.82) is 0 Å². The van der Waals surface area contributed by atoms with Crippen LogP contribution in [-0.4, -0.2) is 340 Å². The van der Waals surface area contributed by atoms with Crippen molar-refractivity contribution in [2.75, 3.05) is 39.6 Å². The number of aliphatic hydroxyl groups excluding tert-OH is 18. The normalized spacial score (nSPS) is 37.3. The summed E-state index contributed by atoms with van der Waals surface area (Å²) in [6.45, 7) is 1.32. The minimum atomic E-state index is -2.29. The second kappa shape index (κ2) is 53.2. The molecule has 6 heterocycles. The zero-order chi connectivity index (χ0) is 81.8. The van der Waals surface area contributed by atoms with Gasteiger partial charge >= 0.3 is 0 Å². The summed E-state index contributed by atoms with van der Waals surface area (Å²) in [6.07, 6.45) is -16.7. The first-order valence-electron chi connectivity index (χ1n) is 41.8. The summed E-state index contributed by atoms with van der Waals surface area (Å²) < 4.78 is 70.9. The first kappa shape index (κ1) is 98.3. The number of nitrogens with one attached hydrogen (secondary N) is 2. The number of amides is 2. The van der Waals surface area contributed by atoms with Crippen LogP contribution in [0.25, 0.3) is 0 Å². The molecule has 12 unspecified atom stereocenters. The van der Waals surface area contributed by atoms with Crippen molar-refractivity contribution >= 4 is 11.8 Å². The number of carbonyl (C=O) groups is 2.